The van der Waals surface area contributed by atoms with E-state index in [0.29, 0.717) is 0 Å². The van der Waals surface area contributed by atoms with Crippen LogP contribution < -0.4 is 10.2 Å². The van der Waals surface area contributed by atoms with E-state index in [1.54, 1.807) is 0 Å². The third kappa shape index (κ3) is 3.58. The van der Waals surface area contributed by atoms with E-state index in [-0.39, 0.29) is 0 Å². The summed E-state index contributed by atoms with van der Waals surface area (Å²) in [6, 6.07) is 1.95. The van der Waals surface area contributed by atoms with Crippen molar-refractivity contribution in [3.05, 3.63) is 12.3 Å². The van der Waals surface area contributed by atoms with Gasteiger partial charge in [0.1, 0.15) is 5.82 Å². The summed E-state index contributed by atoms with van der Waals surface area (Å²) in [6.07, 6.45) is 8.10. The fourth-order valence-corrected chi connectivity index (χ4v) is 2.09. The number of aromatic nitrogens is 2. The lowest BCUT2D eigenvalue weighted by atomic mass is 10.1. The van der Waals surface area contributed by atoms with Crippen molar-refractivity contribution in [1.82, 2.24) is 9.97 Å². The van der Waals surface area contributed by atoms with Crippen molar-refractivity contribution in [2.75, 3.05) is 29.9 Å². The number of rotatable bonds is 5. The molecule has 94 valence electrons. The molecule has 0 unspecified atom stereocenters. The molecule has 0 atom stereocenters. The first-order chi connectivity index (χ1) is 8.40. The van der Waals surface area contributed by atoms with Gasteiger partial charge in [0.05, 0.1) is 0 Å². The number of unbranched alkanes of at least 4 members (excludes halogenated alkanes) is 1. The van der Waals surface area contributed by atoms with Crippen LogP contribution in [0.25, 0.3) is 0 Å². The predicted molar refractivity (Wildman–Crippen MR) is 71.5 cm³/mol. The quantitative estimate of drug-likeness (QED) is 0.795. The normalized spacial score (nSPS) is 15.9. The molecule has 0 aliphatic carbocycles. The first-order valence-electron chi connectivity index (χ1n) is 6.72. The Morgan fingerprint density at radius 1 is 1.29 bits per heavy atom. The van der Waals surface area contributed by atoms with E-state index >= 15 is 0 Å². The lowest BCUT2D eigenvalue weighted by molar-refractivity contribution is 0.568. The van der Waals surface area contributed by atoms with Gasteiger partial charge in [0.2, 0.25) is 5.95 Å². The summed E-state index contributed by atoms with van der Waals surface area (Å²) in [5.74, 6) is 1.83. The molecule has 1 aromatic heterocycles. The lowest BCUT2D eigenvalue weighted by Crippen LogP contribution is -2.31. The van der Waals surface area contributed by atoms with E-state index in [2.05, 4.69) is 27.1 Å². The van der Waals surface area contributed by atoms with Gasteiger partial charge >= 0.3 is 0 Å². The summed E-state index contributed by atoms with van der Waals surface area (Å²) in [5.41, 5.74) is 0. The van der Waals surface area contributed by atoms with Crippen molar-refractivity contribution in [2.24, 2.45) is 0 Å². The highest BCUT2D eigenvalue weighted by atomic mass is 15.3. The van der Waals surface area contributed by atoms with Gasteiger partial charge < -0.3 is 10.2 Å². The Hall–Kier alpha value is -1.32. The van der Waals surface area contributed by atoms with Crippen molar-refractivity contribution >= 4 is 11.8 Å². The smallest absolute Gasteiger partial charge is 0.227 e. The molecular weight excluding hydrogens is 212 g/mol. The third-order valence-electron chi connectivity index (χ3n) is 3.12. The zero-order valence-electron chi connectivity index (χ0n) is 10.7. The molecule has 0 spiro atoms. The minimum absolute atomic E-state index is 0.881. The fourth-order valence-electron chi connectivity index (χ4n) is 2.09. The highest BCUT2D eigenvalue weighted by molar-refractivity contribution is 5.41. The van der Waals surface area contributed by atoms with Crippen molar-refractivity contribution in [3.63, 3.8) is 0 Å². The average molecular weight is 234 g/mol. The molecule has 4 heteroatoms. The molecular formula is C13H22N4. The van der Waals surface area contributed by atoms with Gasteiger partial charge in [-0.15, -0.1) is 0 Å². The van der Waals surface area contributed by atoms with Crippen LogP contribution in [0.5, 0.6) is 0 Å². The van der Waals surface area contributed by atoms with Gasteiger partial charge in [0.15, 0.2) is 0 Å². The summed E-state index contributed by atoms with van der Waals surface area (Å²) in [7, 11) is 0. The number of hydrogen-bond acceptors (Lipinski definition) is 4. The highest BCUT2D eigenvalue weighted by Crippen LogP contribution is 2.16. The summed E-state index contributed by atoms with van der Waals surface area (Å²) in [5, 5.41) is 3.35. The first-order valence-corrected chi connectivity index (χ1v) is 6.72. The summed E-state index contributed by atoms with van der Waals surface area (Å²) >= 11 is 0. The van der Waals surface area contributed by atoms with E-state index in [1.807, 2.05) is 12.3 Å². The highest BCUT2D eigenvalue weighted by Gasteiger charge is 2.13. The molecule has 0 amide bonds. The SMILES string of the molecule is CCCCNc1ccnc(N2CCCCC2)n1. The molecule has 0 saturated carbocycles. The predicted octanol–water partition coefficient (Wildman–Crippen LogP) is 2.68. The monoisotopic (exact) mass is 234 g/mol. The van der Waals surface area contributed by atoms with Gasteiger partial charge in [0, 0.05) is 25.8 Å². The van der Waals surface area contributed by atoms with Crippen LogP contribution in [-0.2, 0) is 0 Å². The van der Waals surface area contributed by atoms with Crippen molar-refractivity contribution in [2.45, 2.75) is 39.0 Å². The largest absolute Gasteiger partial charge is 0.370 e. The minimum Gasteiger partial charge on any atom is -0.370 e. The zero-order chi connectivity index (χ0) is 11.9. The molecule has 2 heterocycles. The Labute approximate surface area is 103 Å². The Balaban J connectivity index is 1.95. The molecule has 0 radical (unpaired) electrons. The van der Waals surface area contributed by atoms with Crippen LogP contribution in [0.15, 0.2) is 12.3 Å². The van der Waals surface area contributed by atoms with E-state index in [9.17, 15) is 0 Å². The van der Waals surface area contributed by atoms with Crippen molar-refractivity contribution in [1.29, 1.82) is 0 Å². The third-order valence-corrected chi connectivity index (χ3v) is 3.12. The Kier molecular flexibility index (Phi) is 4.59. The van der Waals surface area contributed by atoms with Crippen LogP contribution in [0, 0.1) is 0 Å². The van der Waals surface area contributed by atoms with E-state index in [4.69, 9.17) is 0 Å². The maximum absolute atomic E-state index is 4.57. The summed E-state index contributed by atoms with van der Waals surface area (Å²) in [4.78, 5) is 11.2. The van der Waals surface area contributed by atoms with Crippen LogP contribution in [0.2, 0.25) is 0 Å². The topological polar surface area (TPSA) is 41.1 Å². The fraction of sp³-hybridized carbons (Fsp3) is 0.692. The molecule has 1 saturated heterocycles. The second kappa shape index (κ2) is 6.42. The number of hydrogen-bond donors (Lipinski definition) is 1. The summed E-state index contributed by atoms with van der Waals surface area (Å²) < 4.78 is 0. The van der Waals surface area contributed by atoms with Crippen LogP contribution >= 0.6 is 0 Å². The van der Waals surface area contributed by atoms with Crippen LogP contribution in [0.1, 0.15) is 39.0 Å². The Morgan fingerprint density at radius 2 is 2.12 bits per heavy atom. The number of nitrogens with zero attached hydrogens (tertiary/aromatic N) is 3. The van der Waals surface area contributed by atoms with Crippen LogP contribution in [0.4, 0.5) is 11.8 Å². The number of nitrogens with one attached hydrogen (secondary N) is 1. The van der Waals surface area contributed by atoms with Gasteiger partial charge in [-0.25, -0.2) is 4.98 Å². The molecule has 0 aromatic carbocycles. The van der Waals surface area contributed by atoms with Crippen molar-refractivity contribution < 1.29 is 0 Å². The standard InChI is InChI=1S/C13H22N4/c1-2-3-8-14-12-7-9-15-13(16-12)17-10-5-4-6-11-17/h7,9H,2-6,8,10-11H2,1H3,(H,14,15,16). The zero-order valence-corrected chi connectivity index (χ0v) is 10.7. The minimum atomic E-state index is 0.881. The van der Waals surface area contributed by atoms with Gasteiger partial charge in [-0.3, -0.25) is 0 Å². The molecule has 1 N–H and O–H groups in total. The maximum Gasteiger partial charge on any atom is 0.227 e. The number of piperidine rings is 1. The molecule has 1 aliphatic rings. The van der Waals surface area contributed by atoms with E-state index < -0.39 is 0 Å². The van der Waals surface area contributed by atoms with Gasteiger partial charge in [-0.1, -0.05) is 13.3 Å². The van der Waals surface area contributed by atoms with E-state index in [1.165, 1.54) is 32.1 Å². The van der Waals surface area contributed by atoms with E-state index in [0.717, 1.165) is 31.4 Å². The molecule has 2 rings (SSSR count). The second-order valence-corrected chi connectivity index (χ2v) is 4.57. The molecule has 1 aliphatic heterocycles. The van der Waals surface area contributed by atoms with Gasteiger partial charge in [0.25, 0.3) is 0 Å². The average Bonchev–Trinajstić information content (AvgIpc) is 2.41. The molecule has 1 fully saturated rings. The summed E-state index contributed by atoms with van der Waals surface area (Å²) in [6.45, 7) is 5.38. The van der Waals surface area contributed by atoms with Crippen molar-refractivity contribution in [3.8, 4) is 0 Å². The molecule has 17 heavy (non-hydrogen) atoms. The molecule has 1 aromatic rings. The van der Waals surface area contributed by atoms with Gasteiger partial charge in [-0.05, 0) is 31.7 Å². The molecule has 0 bridgehead atoms. The Bertz CT molecular complexity index is 334. The van der Waals surface area contributed by atoms with Gasteiger partial charge in [-0.2, -0.15) is 4.98 Å². The second-order valence-electron chi connectivity index (χ2n) is 4.57. The maximum atomic E-state index is 4.57. The van der Waals surface area contributed by atoms with Crippen LogP contribution in [-0.4, -0.2) is 29.6 Å². The lowest BCUT2D eigenvalue weighted by Gasteiger charge is -2.26. The Morgan fingerprint density at radius 3 is 2.88 bits per heavy atom. The first kappa shape index (κ1) is 12.1. The van der Waals surface area contributed by atoms with Crippen LogP contribution in [0.3, 0.4) is 0 Å². The number of anilines is 2. The molecule has 4 nitrogen and oxygen atoms in total.